The minimum atomic E-state index is -0.0494. The zero-order chi connectivity index (χ0) is 19.3. The van der Waals surface area contributed by atoms with Crippen LogP contribution < -0.4 is 10.1 Å². The van der Waals surface area contributed by atoms with Crippen molar-refractivity contribution in [3.8, 4) is 22.8 Å². The van der Waals surface area contributed by atoms with E-state index in [9.17, 15) is 5.11 Å². The zero-order valence-corrected chi connectivity index (χ0v) is 16.2. The molecule has 140 valence electrons. The van der Waals surface area contributed by atoms with Gasteiger partial charge in [0.25, 0.3) is 0 Å². The van der Waals surface area contributed by atoms with Gasteiger partial charge >= 0.3 is 0 Å². The van der Waals surface area contributed by atoms with Crippen LogP contribution in [0.4, 0.5) is 0 Å². The Bertz CT molecular complexity index is 1240. The summed E-state index contributed by atoms with van der Waals surface area (Å²) in [6.07, 6.45) is 0.943. The molecule has 2 N–H and O–H groups in total. The van der Waals surface area contributed by atoms with Crippen molar-refractivity contribution in [2.24, 2.45) is 0 Å². The van der Waals surface area contributed by atoms with Crippen molar-refractivity contribution in [2.45, 2.75) is 13.0 Å². The van der Waals surface area contributed by atoms with E-state index in [4.69, 9.17) is 21.3 Å². The molecule has 1 aromatic heterocycles. The largest absolute Gasteiger partial charge is 0.503 e. The number of hydrogen-bond donors (Lipinski definition) is 2. The summed E-state index contributed by atoms with van der Waals surface area (Å²) in [5.74, 6) is 0.298. The highest BCUT2D eigenvalue weighted by Crippen LogP contribution is 2.41. The molecule has 0 radical (unpaired) electrons. The van der Waals surface area contributed by atoms with Crippen molar-refractivity contribution < 1.29 is 9.84 Å². The first kappa shape index (κ1) is 17.3. The average Bonchev–Trinajstić information content (AvgIpc) is 2.74. The zero-order valence-electron chi connectivity index (χ0n) is 15.4. The number of methoxy groups -OCH3 is 1. The van der Waals surface area contributed by atoms with Crippen LogP contribution in [0.5, 0.6) is 11.5 Å². The third-order valence-corrected chi connectivity index (χ3v) is 5.75. The topological polar surface area (TPSA) is 54.4 Å². The Hall–Kier alpha value is -2.82. The van der Waals surface area contributed by atoms with Gasteiger partial charge in [0.1, 0.15) is 0 Å². The van der Waals surface area contributed by atoms with Crippen LogP contribution in [-0.2, 0) is 13.0 Å². The summed E-state index contributed by atoms with van der Waals surface area (Å²) in [5, 5.41) is 17.5. The molecule has 2 heterocycles. The Labute approximate surface area is 167 Å². The molecule has 1 aliphatic heterocycles. The number of aromatic nitrogens is 1. The van der Waals surface area contributed by atoms with Gasteiger partial charge in [-0.3, -0.25) is 0 Å². The summed E-state index contributed by atoms with van der Waals surface area (Å²) >= 11 is 6.25. The number of nitrogens with zero attached hydrogens (tertiary/aromatic N) is 1. The van der Waals surface area contributed by atoms with Gasteiger partial charge in [0.2, 0.25) is 0 Å². The number of phenols is 1. The second-order valence-electron chi connectivity index (χ2n) is 7.03. The van der Waals surface area contributed by atoms with Crippen molar-refractivity contribution in [1.29, 1.82) is 0 Å². The number of aromatic hydroxyl groups is 1. The molecule has 3 aromatic carbocycles. The maximum Gasteiger partial charge on any atom is 0.176 e. The lowest BCUT2D eigenvalue weighted by molar-refractivity contribution is 0.374. The number of phenolic OH excluding ortho intramolecular Hbond substituents is 1. The minimum Gasteiger partial charge on any atom is -0.503 e. The van der Waals surface area contributed by atoms with Gasteiger partial charge in [-0.05, 0) is 53.1 Å². The molecule has 0 saturated heterocycles. The molecule has 0 atom stereocenters. The predicted molar refractivity (Wildman–Crippen MR) is 113 cm³/mol. The van der Waals surface area contributed by atoms with Crippen LogP contribution in [-0.4, -0.2) is 23.7 Å². The van der Waals surface area contributed by atoms with E-state index in [1.165, 1.54) is 34.4 Å². The lowest BCUT2D eigenvalue weighted by atomic mass is 9.90. The van der Waals surface area contributed by atoms with Gasteiger partial charge < -0.3 is 15.2 Å². The summed E-state index contributed by atoms with van der Waals surface area (Å²) < 4.78 is 5.30. The number of hydrogen-bond acceptors (Lipinski definition) is 4. The quantitative estimate of drug-likeness (QED) is 0.469. The Morgan fingerprint density at radius 1 is 1.11 bits per heavy atom. The van der Waals surface area contributed by atoms with Crippen molar-refractivity contribution in [3.05, 3.63) is 64.7 Å². The summed E-state index contributed by atoms with van der Waals surface area (Å²) in [5.41, 5.74) is 5.20. The summed E-state index contributed by atoms with van der Waals surface area (Å²) in [6, 6.07) is 16.2. The molecule has 5 heteroatoms. The van der Waals surface area contributed by atoms with E-state index in [1.54, 1.807) is 12.1 Å². The molecule has 4 aromatic rings. The first-order valence-corrected chi connectivity index (χ1v) is 9.66. The van der Waals surface area contributed by atoms with Gasteiger partial charge in [-0.1, -0.05) is 41.9 Å². The first-order valence-electron chi connectivity index (χ1n) is 9.28. The van der Waals surface area contributed by atoms with Gasteiger partial charge in [-0.25, -0.2) is 4.98 Å². The number of pyridine rings is 1. The summed E-state index contributed by atoms with van der Waals surface area (Å²) in [6.45, 7) is 1.69. The van der Waals surface area contributed by atoms with Crippen LogP contribution in [0.1, 0.15) is 11.1 Å². The number of ether oxygens (including phenoxy) is 1. The molecule has 4 nitrogen and oxygen atoms in total. The Balaban J connectivity index is 1.86. The van der Waals surface area contributed by atoms with E-state index in [0.29, 0.717) is 5.75 Å². The lowest BCUT2D eigenvalue weighted by Gasteiger charge is -2.23. The molecular weight excluding hydrogens is 372 g/mol. The monoisotopic (exact) mass is 390 g/mol. The number of rotatable bonds is 2. The van der Waals surface area contributed by atoms with Crippen molar-refractivity contribution in [2.75, 3.05) is 13.7 Å². The molecule has 0 spiro atoms. The SMILES string of the molecule is COc1cc(-c2nc3ccc4ccccc4c3c3c2CNCC3)cc(Cl)c1O. The van der Waals surface area contributed by atoms with E-state index in [2.05, 4.69) is 41.7 Å². The van der Waals surface area contributed by atoms with Crippen LogP contribution in [0, 0.1) is 0 Å². The molecule has 0 bridgehead atoms. The van der Waals surface area contributed by atoms with Crippen LogP contribution in [0.15, 0.2) is 48.5 Å². The third-order valence-electron chi connectivity index (χ3n) is 5.47. The molecule has 5 rings (SSSR count). The van der Waals surface area contributed by atoms with Crippen LogP contribution in [0.3, 0.4) is 0 Å². The van der Waals surface area contributed by atoms with Crippen LogP contribution in [0.25, 0.3) is 32.9 Å². The highest BCUT2D eigenvalue weighted by Gasteiger charge is 2.22. The van der Waals surface area contributed by atoms with E-state index >= 15 is 0 Å². The molecule has 0 amide bonds. The minimum absolute atomic E-state index is 0.0494. The lowest BCUT2D eigenvalue weighted by Crippen LogP contribution is -2.25. The van der Waals surface area contributed by atoms with Crippen molar-refractivity contribution in [3.63, 3.8) is 0 Å². The Morgan fingerprint density at radius 2 is 1.96 bits per heavy atom. The van der Waals surface area contributed by atoms with Gasteiger partial charge in [0.15, 0.2) is 11.5 Å². The Morgan fingerprint density at radius 3 is 2.82 bits per heavy atom. The summed E-state index contributed by atoms with van der Waals surface area (Å²) in [4.78, 5) is 5.02. The summed E-state index contributed by atoms with van der Waals surface area (Å²) in [7, 11) is 1.52. The second kappa shape index (κ2) is 6.66. The van der Waals surface area contributed by atoms with Gasteiger partial charge in [0, 0.05) is 17.5 Å². The third kappa shape index (κ3) is 2.60. The molecular formula is C23H19ClN2O2. The van der Waals surface area contributed by atoms with Gasteiger partial charge in [-0.2, -0.15) is 0 Å². The predicted octanol–water partition coefficient (Wildman–Crippen LogP) is 5.07. The Kier molecular flexibility index (Phi) is 4.11. The molecule has 28 heavy (non-hydrogen) atoms. The maximum atomic E-state index is 10.1. The molecule has 1 aliphatic rings. The van der Waals surface area contributed by atoms with E-state index in [0.717, 1.165) is 36.3 Å². The first-order chi connectivity index (χ1) is 13.7. The fraction of sp³-hybridized carbons (Fsp3) is 0.174. The van der Waals surface area contributed by atoms with Crippen molar-refractivity contribution in [1.82, 2.24) is 10.3 Å². The van der Waals surface area contributed by atoms with Crippen LogP contribution >= 0.6 is 11.6 Å². The number of benzene rings is 3. The van der Waals surface area contributed by atoms with Crippen molar-refractivity contribution >= 4 is 33.3 Å². The molecule has 0 saturated carbocycles. The molecule has 0 aliphatic carbocycles. The number of fused-ring (bicyclic) bond motifs is 5. The fourth-order valence-corrected chi connectivity index (χ4v) is 4.36. The van der Waals surface area contributed by atoms with Gasteiger partial charge in [0.05, 0.1) is 23.3 Å². The highest BCUT2D eigenvalue weighted by molar-refractivity contribution is 6.32. The van der Waals surface area contributed by atoms with E-state index in [-0.39, 0.29) is 10.8 Å². The fourth-order valence-electron chi connectivity index (χ4n) is 4.15. The number of halogens is 1. The average molecular weight is 391 g/mol. The van der Waals surface area contributed by atoms with Gasteiger partial charge in [-0.15, -0.1) is 0 Å². The smallest absolute Gasteiger partial charge is 0.176 e. The maximum absolute atomic E-state index is 10.1. The molecule has 0 fully saturated rings. The molecule has 0 unspecified atom stereocenters. The number of nitrogens with one attached hydrogen (secondary N) is 1. The normalized spacial score (nSPS) is 13.6. The standard InChI is InChI=1S/C23H19ClN2O2/c1-28-20-11-14(10-18(24)23(20)27)22-17-12-25-9-8-16(17)21-15-5-3-2-4-13(15)6-7-19(21)26-22/h2-7,10-11,25,27H,8-9,12H2,1H3. The van der Waals surface area contributed by atoms with E-state index in [1.807, 2.05) is 0 Å². The second-order valence-corrected chi connectivity index (χ2v) is 7.44. The van der Waals surface area contributed by atoms with Crippen LogP contribution in [0.2, 0.25) is 5.02 Å². The highest BCUT2D eigenvalue weighted by atomic mass is 35.5. The van der Waals surface area contributed by atoms with E-state index < -0.39 is 0 Å².